The van der Waals surface area contributed by atoms with Crippen molar-refractivity contribution >= 4 is 11.6 Å². The summed E-state index contributed by atoms with van der Waals surface area (Å²) in [7, 11) is 0. The third-order valence-electron chi connectivity index (χ3n) is 6.48. The standard InChI is InChI=1S/C26H34N2O2/c1-19-6-5-15-28(17-19)24-12-9-21(10-13-24)20(2)27-26(29)18-30-25-14-11-22-7-3-4-8-23(22)16-25/h9-14,16,19-20H,3-8,15,17-18H2,1-2H3,(H,27,29)/t19-,20-/m1/s1. The molecule has 2 aromatic rings. The summed E-state index contributed by atoms with van der Waals surface area (Å²) >= 11 is 0. The largest absolute Gasteiger partial charge is 0.484 e. The Kier molecular flexibility index (Phi) is 6.61. The molecular weight excluding hydrogens is 372 g/mol. The maximum absolute atomic E-state index is 12.4. The van der Waals surface area contributed by atoms with E-state index >= 15 is 0 Å². The predicted molar refractivity (Wildman–Crippen MR) is 122 cm³/mol. The molecule has 0 radical (unpaired) electrons. The summed E-state index contributed by atoms with van der Waals surface area (Å²) in [5.41, 5.74) is 5.19. The van der Waals surface area contributed by atoms with E-state index in [4.69, 9.17) is 4.74 Å². The quantitative estimate of drug-likeness (QED) is 0.729. The number of hydrogen-bond acceptors (Lipinski definition) is 3. The van der Waals surface area contributed by atoms with Crippen molar-refractivity contribution < 1.29 is 9.53 Å². The summed E-state index contributed by atoms with van der Waals surface area (Å²) in [6.45, 7) is 6.66. The molecule has 0 aromatic heterocycles. The number of benzene rings is 2. The van der Waals surface area contributed by atoms with Gasteiger partial charge >= 0.3 is 0 Å². The van der Waals surface area contributed by atoms with Crippen LogP contribution >= 0.6 is 0 Å². The van der Waals surface area contributed by atoms with Crippen LogP contribution in [0, 0.1) is 5.92 Å². The molecule has 1 amide bonds. The minimum Gasteiger partial charge on any atom is -0.484 e. The van der Waals surface area contributed by atoms with Crippen LogP contribution in [-0.4, -0.2) is 25.6 Å². The van der Waals surface area contributed by atoms with Gasteiger partial charge in [-0.25, -0.2) is 0 Å². The zero-order valence-electron chi connectivity index (χ0n) is 18.3. The molecule has 2 atom stereocenters. The number of amides is 1. The maximum atomic E-state index is 12.4. The van der Waals surface area contributed by atoms with Crippen molar-refractivity contribution in [1.29, 1.82) is 0 Å². The van der Waals surface area contributed by atoms with Crippen molar-refractivity contribution in [1.82, 2.24) is 5.32 Å². The van der Waals surface area contributed by atoms with Gasteiger partial charge in [0.15, 0.2) is 6.61 Å². The number of hydrogen-bond donors (Lipinski definition) is 1. The molecule has 4 nitrogen and oxygen atoms in total. The van der Waals surface area contributed by atoms with Crippen molar-refractivity contribution in [2.24, 2.45) is 5.92 Å². The Morgan fingerprint density at radius 2 is 1.87 bits per heavy atom. The minimum absolute atomic E-state index is 0.0426. The zero-order chi connectivity index (χ0) is 20.9. The molecule has 0 saturated carbocycles. The van der Waals surface area contributed by atoms with Gasteiger partial charge in [-0.2, -0.15) is 0 Å². The van der Waals surface area contributed by atoms with E-state index in [0.29, 0.717) is 0 Å². The highest BCUT2D eigenvalue weighted by molar-refractivity contribution is 5.78. The van der Waals surface area contributed by atoms with Gasteiger partial charge in [0.2, 0.25) is 0 Å². The second-order valence-corrected chi connectivity index (χ2v) is 9.00. The van der Waals surface area contributed by atoms with Crippen LogP contribution in [-0.2, 0) is 17.6 Å². The molecule has 1 N–H and O–H groups in total. The molecule has 1 aliphatic carbocycles. The molecule has 0 spiro atoms. The topological polar surface area (TPSA) is 41.6 Å². The fourth-order valence-corrected chi connectivity index (χ4v) is 4.71. The van der Waals surface area contributed by atoms with Gasteiger partial charge in [-0.3, -0.25) is 4.79 Å². The normalized spacial score (nSPS) is 19.7. The zero-order valence-corrected chi connectivity index (χ0v) is 18.3. The van der Waals surface area contributed by atoms with Crippen molar-refractivity contribution in [3.63, 3.8) is 0 Å². The minimum atomic E-state index is -0.0887. The SMILES string of the molecule is C[C@@H]1CCCN(c2ccc([C@@H](C)NC(=O)COc3ccc4c(c3)CCCC4)cc2)C1. The molecule has 160 valence electrons. The lowest BCUT2D eigenvalue weighted by Gasteiger charge is -2.33. The van der Waals surface area contributed by atoms with Gasteiger partial charge in [0.1, 0.15) is 5.75 Å². The number of carbonyl (C=O) groups is 1. The first-order valence-corrected chi connectivity index (χ1v) is 11.5. The number of piperidine rings is 1. The van der Waals surface area contributed by atoms with Crippen LogP contribution in [0.2, 0.25) is 0 Å². The Morgan fingerprint density at radius 1 is 1.10 bits per heavy atom. The lowest BCUT2D eigenvalue weighted by molar-refractivity contribution is -0.123. The summed E-state index contributed by atoms with van der Waals surface area (Å²) in [5, 5.41) is 3.06. The average molecular weight is 407 g/mol. The third kappa shape index (κ3) is 5.16. The summed E-state index contributed by atoms with van der Waals surface area (Å²) < 4.78 is 5.76. The summed E-state index contributed by atoms with van der Waals surface area (Å²) in [6, 6.07) is 14.8. The van der Waals surface area contributed by atoms with Gasteiger partial charge in [-0.05, 0) is 92.3 Å². The van der Waals surface area contributed by atoms with Gasteiger partial charge in [0.25, 0.3) is 5.91 Å². The fraction of sp³-hybridized carbons (Fsp3) is 0.500. The fourth-order valence-electron chi connectivity index (χ4n) is 4.71. The van der Waals surface area contributed by atoms with E-state index < -0.39 is 0 Å². The van der Waals surface area contributed by atoms with Crippen molar-refractivity contribution in [2.75, 3.05) is 24.6 Å². The van der Waals surface area contributed by atoms with Crippen molar-refractivity contribution in [2.45, 2.75) is 58.4 Å². The predicted octanol–water partition coefficient (Wildman–Crippen LogP) is 5.06. The number of nitrogens with zero attached hydrogens (tertiary/aromatic N) is 1. The van der Waals surface area contributed by atoms with E-state index in [0.717, 1.165) is 43.2 Å². The first-order chi connectivity index (χ1) is 14.6. The van der Waals surface area contributed by atoms with Gasteiger partial charge in [0.05, 0.1) is 6.04 Å². The smallest absolute Gasteiger partial charge is 0.258 e. The Labute approximate surface area is 180 Å². The monoisotopic (exact) mass is 406 g/mol. The van der Waals surface area contributed by atoms with E-state index in [2.05, 4.69) is 53.5 Å². The van der Waals surface area contributed by atoms with Gasteiger partial charge < -0.3 is 15.0 Å². The van der Waals surface area contributed by atoms with Crippen LogP contribution in [0.25, 0.3) is 0 Å². The molecule has 0 bridgehead atoms. The number of carbonyl (C=O) groups excluding carboxylic acids is 1. The summed E-state index contributed by atoms with van der Waals surface area (Å²) in [5.74, 6) is 1.46. The summed E-state index contributed by atoms with van der Waals surface area (Å²) in [4.78, 5) is 14.9. The average Bonchev–Trinajstić information content (AvgIpc) is 2.77. The van der Waals surface area contributed by atoms with Gasteiger partial charge in [0, 0.05) is 18.8 Å². The molecule has 0 unspecified atom stereocenters. The third-order valence-corrected chi connectivity index (χ3v) is 6.48. The lowest BCUT2D eigenvalue weighted by Crippen LogP contribution is -2.34. The highest BCUT2D eigenvalue weighted by Crippen LogP contribution is 2.26. The van der Waals surface area contributed by atoms with E-state index in [1.165, 1.54) is 42.5 Å². The van der Waals surface area contributed by atoms with Crippen LogP contribution in [0.4, 0.5) is 5.69 Å². The first kappa shape index (κ1) is 20.8. The molecule has 2 aliphatic rings. The number of rotatable bonds is 6. The Balaban J connectivity index is 1.28. The Bertz CT molecular complexity index is 862. The van der Waals surface area contributed by atoms with Crippen LogP contribution in [0.15, 0.2) is 42.5 Å². The highest BCUT2D eigenvalue weighted by Gasteiger charge is 2.17. The van der Waals surface area contributed by atoms with E-state index in [1.54, 1.807) is 0 Å². The number of nitrogens with one attached hydrogen (secondary N) is 1. The van der Waals surface area contributed by atoms with Crippen LogP contribution in [0.3, 0.4) is 0 Å². The molecular formula is C26H34N2O2. The molecule has 2 aromatic carbocycles. The van der Waals surface area contributed by atoms with Gasteiger partial charge in [-0.15, -0.1) is 0 Å². The Morgan fingerprint density at radius 3 is 2.63 bits per heavy atom. The molecule has 4 heteroatoms. The number of aryl methyl sites for hydroxylation is 2. The number of anilines is 1. The molecule has 1 aliphatic heterocycles. The van der Waals surface area contributed by atoms with Crippen molar-refractivity contribution in [3.05, 3.63) is 59.2 Å². The number of ether oxygens (including phenoxy) is 1. The number of fused-ring (bicyclic) bond motifs is 1. The van der Waals surface area contributed by atoms with Crippen LogP contribution in [0.1, 0.15) is 62.3 Å². The van der Waals surface area contributed by atoms with E-state index in [9.17, 15) is 4.79 Å². The first-order valence-electron chi connectivity index (χ1n) is 11.5. The van der Waals surface area contributed by atoms with Crippen LogP contribution in [0.5, 0.6) is 5.75 Å². The second-order valence-electron chi connectivity index (χ2n) is 9.00. The van der Waals surface area contributed by atoms with Crippen molar-refractivity contribution in [3.8, 4) is 5.75 Å². The maximum Gasteiger partial charge on any atom is 0.258 e. The summed E-state index contributed by atoms with van der Waals surface area (Å²) in [6.07, 6.45) is 7.37. The van der Waals surface area contributed by atoms with E-state index in [-0.39, 0.29) is 18.6 Å². The lowest BCUT2D eigenvalue weighted by atomic mass is 9.92. The van der Waals surface area contributed by atoms with Gasteiger partial charge in [-0.1, -0.05) is 25.1 Å². The van der Waals surface area contributed by atoms with E-state index in [1.807, 2.05) is 13.0 Å². The second kappa shape index (κ2) is 9.55. The molecule has 4 rings (SSSR count). The van der Waals surface area contributed by atoms with Crippen LogP contribution < -0.4 is 15.0 Å². The molecule has 30 heavy (non-hydrogen) atoms. The molecule has 1 heterocycles. The molecule has 1 saturated heterocycles. The Hall–Kier alpha value is -2.49. The molecule has 1 fully saturated rings. The highest BCUT2D eigenvalue weighted by atomic mass is 16.5.